The molecule has 0 saturated heterocycles. The maximum absolute atomic E-state index is 12.9. The number of anilines is 3. The second-order valence-corrected chi connectivity index (χ2v) is 8.19. The van der Waals surface area contributed by atoms with Gasteiger partial charge in [-0.05, 0) is 64.7 Å². The van der Waals surface area contributed by atoms with Crippen LogP contribution in [0.25, 0.3) is 22.3 Å². The number of carbonyl (C=O) groups excluding carboxylic acids is 1. The van der Waals surface area contributed by atoms with Crippen molar-refractivity contribution in [1.29, 1.82) is 0 Å². The fourth-order valence-corrected chi connectivity index (χ4v) is 4.61. The van der Waals surface area contributed by atoms with Crippen LogP contribution in [-0.4, -0.2) is 5.78 Å². The zero-order chi connectivity index (χ0) is 22.2. The maximum atomic E-state index is 12.9. The lowest BCUT2D eigenvalue weighted by molar-refractivity contribution is 0.104. The molecule has 0 heterocycles. The fourth-order valence-electron chi connectivity index (χ4n) is 4.61. The molecule has 0 amide bonds. The van der Waals surface area contributed by atoms with E-state index in [1.807, 2.05) is 60.7 Å². The summed E-state index contributed by atoms with van der Waals surface area (Å²) in [5.74, 6) is 0.102. The molecular weight excluding hydrogens is 402 g/mol. The van der Waals surface area contributed by atoms with Crippen molar-refractivity contribution in [3.8, 4) is 22.3 Å². The highest BCUT2D eigenvalue weighted by Gasteiger charge is 2.27. The first-order valence-corrected chi connectivity index (χ1v) is 11.1. The number of hydrogen-bond acceptors (Lipinski definition) is 2. The van der Waals surface area contributed by atoms with Gasteiger partial charge in [-0.2, -0.15) is 0 Å². The Kier molecular flexibility index (Phi) is 4.63. The third-order valence-corrected chi connectivity index (χ3v) is 6.21. The predicted octanol–water partition coefficient (Wildman–Crippen LogP) is 8.03. The molecule has 0 N–H and O–H groups in total. The Bertz CT molecular complexity index is 1450. The van der Waals surface area contributed by atoms with Gasteiger partial charge in [0, 0.05) is 28.2 Å². The number of fused-ring (bicyclic) bond motifs is 3. The Morgan fingerprint density at radius 2 is 0.909 bits per heavy atom. The van der Waals surface area contributed by atoms with Crippen LogP contribution in [0.4, 0.5) is 17.1 Å². The van der Waals surface area contributed by atoms with Crippen molar-refractivity contribution < 1.29 is 4.79 Å². The molecular formula is C31H21NO. The average molecular weight is 424 g/mol. The van der Waals surface area contributed by atoms with Crippen molar-refractivity contribution >= 4 is 22.8 Å². The first-order valence-electron chi connectivity index (χ1n) is 11.1. The quantitative estimate of drug-likeness (QED) is 0.286. The highest BCUT2D eigenvalue weighted by molar-refractivity contribution is 6.22. The minimum Gasteiger partial charge on any atom is -0.310 e. The summed E-state index contributed by atoms with van der Waals surface area (Å²) in [6.07, 6.45) is 0. The monoisotopic (exact) mass is 423 g/mol. The van der Waals surface area contributed by atoms with Crippen molar-refractivity contribution in [2.24, 2.45) is 0 Å². The van der Waals surface area contributed by atoms with Crippen molar-refractivity contribution in [2.75, 3.05) is 4.90 Å². The summed E-state index contributed by atoms with van der Waals surface area (Å²) >= 11 is 0. The van der Waals surface area contributed by atoms with Gasteiger partial charge >= 0.3 is 0 Å². The lowest BCUT2D eigenvalue weighted by atomic mass is 10.0. The van der Waals surface area contributed by atoms with E-state index < -0.39 is 0 Å². The highest BCUT2D eigenvalue weighted by Crippen LogP contribution is 2.42. The number of hydrogen-bond donors (Lipinski definition) is 0. The highest BCUT2D eigenvalue weighted by atomic mass is 16.1. The topological polar surface area (TPSA) is 20.3 Å². The number of benzene rings is 5. The Labute approximate surface area is 193 Å². The fraction of sp³-hybridized carbons (Fsp3) is 0. The van der Waals surface area contributed by atoms with E-state index in [2.05, 4.69) is 71.6 Å². The molecule has 0 saturated carbocycles. The molecule has 1 aliphatic rings. The second-order valence-electron chi connectivity index (χ2n) is 8.19. The van der Waals surface area contributed by atoms with Gasteiger partial charge < -0.3 is 4.90 Å². The molecule has 0 bridgehead atoms. The molecule has 0 unspecified atom stereocenters. The van der Waals surface area contributed by atoms with Gasteiger partial charge in [-0.3, -0.25) is 4.79 Å². The van der Waals surface area contributed by atoms with Gasteiger partial charge in [-0.15, -0.1) is 0 Å². The van der Waals surface area contributed by atoms with Gasteiger partial charge in [0.05, 0.1) is 0 Å². The van der Waals surface area contributed by atoms with E-state index in [0.29, 0.717) is 0 Å². The number of ketones is 1. The van der Waals surface area contributed by atoms with Crippen LogP contribution in [0.1, 0.15) is 15.9 Å². The molecule has 2 heteroatoms. The smallest absolute Gasteiger partial charge is 0.194 e. The molecule has 0 aromatic heterocycles. The van der Waals surface area contributed by atoms with Crippen LogP contribution < -0.4 is 4.90 Å². The van der Waals surface area contributed by atoms with E-state index in [1.54, 1.807) is 0 Å². The average Bonchev–Trinajstić information content (AvgIpc) is 3.17. The van der Waals surface area contributed by atoms with Crippen molar-refractivity contribution in [2.45, 2.75) is 0 Å². The maximum Gasteiger partial charge on any atom is 0.194 e. The van der Waals surface area contributed by atoms with Crippen molar-refractivity contribution in [3.05, 3.63) is 139 Å². The third-order valence-electron chi connectivity index (χ3n) is 6.21. The largest absolute Gasteiger partial charge is 0.310 e. The zero-order valence-electron chi connectivity index (χ0n) is 18.0. The summed E-state index contributed by atoms with van der Waals surface area (Å²) in [5, 5.41) is 0. The zero-order valence-corrected chi connectivity index (χ0v) is 18.0. The van der Waals surface area contributed by atoms with Crippen LogP contribution in [0.5, 0.6) is 0 Å². The van der Waals surface area contributed by atoms with E-state index in [-0.39, 0.29) is 5.78 Å². The minimum atomic E-state index is 0.102. The van der Waals surface area contributed by atoms with Gasteiger partial charge in [0.2, 0.25) is 0 Å². The molecule has 6 rings (SSSR count). The summed E-state index contributed by atoms with van der Waals surface area (Å²) < 4.78 is 0. The Morgan fingerprint density at radius 1 is 0.394 bits per heavy atom. The van der Waals surface area contributed by atoms with Crippen molar-refractivity contribution in [1.82, 2.24) is 0 Å². The Balaban J connectivity index is 1.47. The number of nitrogens with zero attached hydrogens (tertiary/aromatic N) is 1. The van der Waals surface area contributed by atoms with Gasteiger partial charge in [0.1, 0.15) is 0 Å². The molecule has 156 valence electrons. The number of rotatable bonds is 4. The second kappa shape index (κ2) is 7.92. The standard InChI is InChI=1S/C31H21NO/c33-31-28-14-8-7-13-27(28)30-21-26(19-20-29(30)31)32(24-11-5-2-6-12-24)25-17-15-23(16-18-25)22-9-3-1-4-10-22/h1-21H. The molecule has 0 atom stereocenters. The molecule has 0 spiro atoms. The SMILES string of the molecule is O=C1c2ccccc2-c2cc(N(c3ccccc3)c3ccc(-c4ccccc4)cc3)ccc21. The summed E-state index contributed by atoms with van der Waals surface area (Å²) in [7, 11) is 0. The summed E-state index contributed by atoms with van der Waals surface area (Å²) in [6.45, 7) is 0. The normalized spacial score (nSPS) is 11.7. The van der Waals surface area contributed by atoms with Crippen LogP contribution in [0.2, 0.25) is 0 Å². The lowest BCUT2D eigenvalue weighted by Gasteiger charge is -2.26. The van der Waals surface area contributed by atoms with E-state index in [9.17, 15) is 4.79 Å². The molecule has 0 fully saturated rings. The Hall–Kier alpha value is -4.43. The molecule has 2 nitrogen and oxygen atoms in total. The Morgan fingerprint density at radius 3 is 1.64 bits per heavy atom. The molecule has 5 aromatic carbocycles. The van der Waals surface area contributed by atoms with Crippen molar-refractivity contribution in [3.63, 3.8) is 0 Å². The van der Waals surface area contributed by atoms with Crippen LogP contribution >= 0.6 is 0 Å². The van der Waals surface area contributed by atoms with Crippen LogP contribution in [-0.2, 0) is 0 Å². The summed E-state index contributed by atoms with van der Waals surface area (Å²) in [4.78, 5) is 15.1. The summed E-state index contributed by atoms with van der Waals surface area (Å²) in [6, 6.07) is 43.4. The third kappa shape index (κ3) is 3.33. The van der Waals surface area contributed by atoms with E-state index >= 15 is 0 Å². The van der Waals surface area contributed by atoms with Crippen LogP contribution in [0, 0.1) is 0 Å². The first-order chi connectivity index (χ1) is 16.3. The molecule has 5 aromatic rings. The van der Waals surface area contributed by atoms with E-state index in [1.165, 1.54) is 11.1 Å². The van der Waals surface area contributed by atoms with Gasteiger partial charge in [-0.25, -0.2) is 0 Å². The minimum absolute atomic E-state index is 0.102. The predicted molar refractivity (Wildman–Crippen MR) is 135 cm³/mol. The van der Waals surface area contributed by atoms with Gasteiger partial charge in [-0.1, -0.05) is 84.9 Å². The summed E-state index contributed by atoms with van der Waals surface area (Å²) in [5.41, 5.74) is 9.10. The van der Waals surface area contributed by atoms with Gasteiger partial charge in [0.25, 0.3) is 0 Å². The molecule has 1 aliphatic carbocycles. The van der Waals surface area contributed by atoms with E-state index in [0.717, 1.165) is 39.3 Å². The van der Waals surface area contributed by atoms with Crippen LogP contribution in [0.15, 0.2) is 127 Å². The van der Waals surface area contributed by atoms with Crippen LogP contribution in [0.3, 0.4) is 0 Å². The van der Waals surface area contributed by atoms with Gasteiger partial charge in [0.15, 0.2) is 5.78 Å². The molecule has 33 heavy (non-hydrogen) atoms. The molecule has 0 radical (unpaired) electrons. The number of para-hydroxylation sites is 1. The number of carbonyl (C=O) groups is 1. The first kappa shape index (κ1) is 19.3. The van der Waals surface area contributed by atoms with E-state index in [4.69, 9.17) is 0 Å². The lowest BCUT2D eigenvalue weighted by Crippen LogP contribution is -2.10. The molecule has 0 aliphatic heterocycles.